The lowest BCUT2D eigenvalue weighted by molar-refractivity contribution is -0.163. The van der Waals surface area contributed by atoms with Crippen LogP contribution in [-0.4, -0.2) is 9.78 Å². The smallest absolute Gasteiger partial charge is 0.222 e. The van der Waals surface area contributed by atoms with Gasteiger partial charge in [0.05, 0.1) is 5.69 Å². The van der Waals surface area contributed by atoms with Crippen molar-refractivity contribution < 1.29 is 26.3 Å². The predicted octanol–water partition coefficient (Wildman–Crippen LogP) is 3.78. The highest BCUT2D eigenvalue weighted by Gasteiger charge is 2.49. The van der Waals surface area contributed by atoms with Crippen LogP contribution in [0.5, 0.6) is 0 Å². The highest BCUT2D eigenvalue weighted by molar-refractivity contribution is 5.45. The van der Waals surface area contributed by atoms with Crippen molar-refractivity contribution in [2.45, 2.75) is 12.4 Å². The number of alkyl halides is 6. The first-order valence-electron chi connectivity index (χ1n) is 5.39. The maximum Gasteiger partial charge on any atom is 0.435 e. The Hall–Kier alpha value is -2.50. The van der Waals surface area contributed by atoms with Crippen molar-refractivity contribution in [1.29, 1.82) is 5.26 Å². The number of halogens is 6. The normalized spacial score (nSPS) is 12.2. The topological polar surface area (TPSA) is 41.6 Å². The van der Waals surface area contributed by atoms with Gasteiger partial charge in [0.25, 0.3) is 0 Å². The molecule has 0 aliphatic carbocycles. The van der Waals surface area contributed by atoms with Gasteiger partial charge in [0.2, 0.25) is 0 Å². The Kier molecular flexibility index (Phi) is 3.41. The number of hydrogen-bond donors (Lipinski definition) is 0. The number of rotatable bonds is 1. The molecule has 0 radical (unpaired) electrons. The van der Waals surface area contributed by atoms with E-state index in [0.717, 1.165) is 6.07 Å². The van der Waals surface area contributed by atoms with E-state index in [1.54, 1.807) is 0 Å². The van der Waals surface area contributed by atoms with Gasteiger partial charge in [-0.25, -0.2) is 4.68 Å². The largest absolute Gasteiger partial charge is 0.435 e. The monoisotopic (exact) mass is 305 g/mol. The second-order valence-corrected chi connectivity index (χ2v) is 3.93. The van der Waals surface area contributed by atoms with Gasteiger partial charge in [0, 0.05) is 0 Å². The maximum absolute atomic E-state index is 12.9. The van der Waals surface area contributed by atoms with Crippen LogP contribution in [0.25, 0.3) is 5.69 Å². The molecule has 0 amide bonds. The molecular formula is C12H5F6N3. The van der Waals surface area contributed by atoms with Gasteiger partial charge in [-0.3, -0.25) is 0 Å². The fraction of sp³-hybridized carbons (Fsp3) is 0.167. The molecule has 1 aromatic carbocycles. The molecule has 0 saturated carbocycles. The summed E-state index contributed by atoms with van der Waals surface area (Å²) >= 11 is 0. The Morgan fingerprint density at radius 3 is 1.95 bits per heavy atom. The fourth-order valence-corrected chi connectivity index (χ4v) is 1.74. The summed E-state index contributed by atoms with van der Waals surface area (Å²) in [7, 11) is 0. The van der Waals surface area contributed by atoms with Crippen LogP contribution in [0.3, 0.4) is 0 Å². The van der Waals surface area contributed by atoms with Gasteiger partial charge >= 0.3 is 12.4 Å². The lowest BCUT2D eigenvalue weighted by Crippen LogP contribution is -2.16. The van der Waals surface area contributed by atoms with Gasteiger partial charge in [0.15, 0.2) is 11.4 Å². The Balaban J connectivity index is 2.82. The number of nitrogens with zero attached hydrogens (tertiary/aromatic N) is 3. The molecule has 1 aromatic heterocycles. The average molecular weight is 305 g/mol. The molecule has 3 nitrogen and oxygen atoms in total. The van der Waals surface area contributed by atoms with Gasteiger partial charge in [-0.15, -0.1) is 0 Å². The molecule has 21 heavy (non-hydrogen) atoms. The van der Waals surface area contributed by atoms with Crippen molar-refractivity contribution in [3.8, 4) is 11.8 Å². The first-order valence-corrected chi connectivity index (χ1v) is 5.39. The van der Waals surface area contributed by atoms with Crippen molar-refractivity contribution in [2.24, 2.45) is 0 Å². The van der Waals surface area contributed by atoms with Gasteiger partial charge in [-0.1, -0.05) is 18.2 Å². The second-order valence-electron chi connectivity index (χ2n) is 3.93. The van der Waals surface area contributed by atoms with Crippen LogP contribution in [0, 0.1) is 11.3 Å². The minimum Gasteiger partial charge on any atom is -0.222 e. The summed E-state index contributed by atoms with van der Waals surface area (Å²) in [6, 6.07) is 7.96. The first kappa shape index (κ1) is 14.9. The first-order chi connectivity index (χ1) is 9.66. The summed E-state index contributed by atoms with van der Waals surface area (Å²) in [4.78, 5) is 0. The molecule has 2 rings (SSSR count). The quantitative estimate of drug-likeness (QED) is 0.752. The van der Waals surface area contributed by atoms with E-state index in [1.165, 1.54) is 30.3 Å². The standard InChI is InChI=1S/C12H5F6N3/c13-11(14,15)9-8(6-19)21(7-4-2-1-3-5-7)20-10(9)12(16,17)18/h1-5H. The zero-order valence-corrected chi connectivity index (χ0v) is 10.00. The Labute approximate surface area is 114 Å². The van der Waals surface area contributed by atoms with Crippen LogP contribution in [0.15, 0.2) is 30.3 Å². The Morgan fingerprint density at radius 1 is 0.952 bits per heavy atom. The summed E-state index contributed by atoms with van der Waals surface area (Å²) < 4.78 is 77.1. The minimum absolute atomic E-state index is 0.0740. The number of nitriles is 1. The zero-order valence-electron chi connectivity index (χ0n) is 10.00. The molecule has 0 N–H and O–H groups in total. The molecular weight excluding hydrogens is 300 g/mol. The van der Waals surface area contributed by atoms with Gasteiger partial charge < -0.3 is 0 Å². The number of hydrogen-bond acceptors (Lipinski definition) is 2. The molecule has 0 unspecified atom stereocenters. The fourth-order valence-electron chi connectivity index (χ4n) is 1.74. The molecule has 0 aliphatic rings. The Bertz CT molecular complexity index is 691. The highest BCUT2D eigenvalue weighted by atomic mass is 19.4. The number of aromatic nitrogens is 2. The van der Waals surface area contributed by atoms with Crippen molar-refractivity contribution in [1.82, 2.24) is 9.78 Å². The molecule has 110 valence electrons. The van der Waals surface area contributed by atoms with Crippen LogP contribution in [0.2, 0.25) is 0 Å². The van der Waals surface area contributed by atoms with E-state index in [4.69, 9.17) is 5.26 Å². The van der Waals surface area contributed by atoms with Crippen LogP contribution in [-0.2, 0) is 12.4 Å². The third-order valence-electron chi connectivity index (χ3n) is 2.54. The average Bonchev–Trinajstić information content (AvgIpc) is 2.79. The van der Waals surface area contributed by atoms with Crippen molar-refractivity contribution >= 4 is 0 Å². The van der Waals surface area contributed by atoms with Crippen LogP contribution >= 0.6 is 0 Å². The van der Waals surface area contributed by atoms with Gasteiger partial charge in [0.1, 0.15) is 11.6 Å². The van der Waals surface area contributed by atoms with E-state index >= 15 is 0 Å². The number of para-hydroxylation sites is 1. The second kappa shape index (κ2) is 4.80. The summed E-state index contributed by atoms with van der Waals surface area (Å²) in [5.41, 5.74) is -5.49. The van der Waals surface area contributed by atoms with Crippen LogP contribution < -0.4 is 0 Å². The number of benzene rings is 1. The molecule has 0 fully saturated rings. The zero-order chi connectivity index (χ0) is 15.8. The summed E-state index contributed by atoms with van der Waals surface area (Å²) in [6.45, 7) is 0. The van der Waals surface area contributed by atoms with E-state index in [1.807, 2.05) is 0 Å². The van der Waals surface area contributed by atoms with Crippen LogP contribution in [0.1, 0.15) is 17.0 Å². The summed E-state index contributed by atoms with van der Waals surface area (Å²) in [5.74, 6) is 0. The maximum atomic E-state index is 12.9. The predicted molar refractivity (Wildman–Crippen MR) is 58.3 cm³/mol. The summed E-state index contributed by atoms with van der Waals surface area (Å²) in [5, 5.41) is 11.8. The van der Waals surface area contributed by atoms with Crippen molar-refractivity contribution in [3.05, 3.63) is 47.3 Å². The van der Waals surface area contributed by atoms with E-state index in [0.29, 0.717) is 4.68 Å². The highest BCUT2D eigenvalue weighted by Crippen LogP contribution is 2.42. The molecule has 9 heteroatoms. The van der Waals surface area contributed by atoms with E-state index in [-0.39, 0.29) is 5.69 Å². The lowest BCUT2D eigenvalue weighted by Gasteiger charge is -2.09. The molecule has 2 aromatic rings. The molecule has 1 heterocycles. The molecule has 0 atom stereocenters. The van der Waals surface area contributed by atoms with Gasteiger partial charge in [-0.2, -0.15) is 36.7 Å². The molecule has 0 bridgehead atoms. The molecule has 0 aliphatic heterocycles. The van der Waals surface area contributed by atoms with E-state index in [2.05, 4.69) is 5.10 Å². The van der Waals surface area contributed by atoms with E-state index < -0.39 is 29.3 Å². The van der Waals surface area contributed by atoms with Crippen LogP contribution in [0.4, 0.5) is 26.3 Å². The summed E-state index contributed by atoms with van der Waals surface area (Å²) in [6.07, 6.45) is -10.7. The molecule has 0 saturated heterocycles. The van der Waals surface area contributed by atoms with Gasteiger partial charge in [-0.05, 0) is 12.1 Å². The Morgan fingerprint density at radius 2 is 1.52 bits per heavy atom. The minimum atomic E-state index is -5.34. The third-order valence-corrected chi connectivity index (χ3v) is 2.54. The van der Waals surface area contributed by atoms with Crippen molar-refractivity contribution in [3.63, 3.8) is 0 Å². The third kappa shape index (κ3) is 2.69. The van der Waals surface area contributed by atoms with Crippen molar-refractivity contribution in [2.75, 3.05) is 0 Å². The van der Waals surface area contributed by atoms with E-state index in [9.17, 15) is 26.3 Å². The lowest BCUT2D eigenvalue weighted by atomic mass is 10.1. The SMILES string of the molecule is N#Cc1c(C(F)(F)F)c(C(F)(F)F)nn1-c1ccccc1. The molecule has 0 spiro atoms.